The number of fused-ring (bicyclic) bond motifs is 3. The Morgan fingerprint density at radius 3 is 2.34 bits per heavy atom. The molecule has 1 amide bonds. The number of ketones is 1. The summed E-state index contributed by atoms with van der Waals surface area (Å²) < 4.78 is 1.53. The van der Waals surface area contributed by atoms with Crippen LogP contribution in [0, 0.1) is 0 Å². The van der Waals surface area contributed by atoms with Crippen LogP contribution in [0.5, 0.6) is 0 Å². The molecule has 0 aliphatic carbocycles. The lowest BCUT2D eigenvalue weighted by molar-refractivity contribution is -0.144. The molecular formula is C29H30N6O3. The minimum Gasteiger partial charge on any atom is -0.384 e. The summed E-state index contributed by atoms with van der Waals surface area (Å²) in [6.45, 7) is 3.01. The van der Waals surface area contributed by atoms with Crippen molar-refractivity contribution in [1.82, 2.24) is 24.5 Å². The van der Waals surface area contributed by atoms with Crippen molar-refractivity contribution in [2.24, 2.45) is 0 Å². The fourth-order valence-corrected chi connectivity index (χ4v) is 6.20. The minimum absolute atomic E-state index is 0.0130. The molecule has 0 spiro atoms. The van der Waals surface area contributed by atoms with E-state index in [-0.39, 0.29) is 35.5 Å². The minimum atomic E-state index is -1.02. The van der Waals surface area contributed by atoms with E-state index in [0.29, 0.717) is 29.7 Å². The molecule has 4 aromatic rings. The molecule has 6 rings (SSSR count). The number of hydrogen-bond donors (Lipinski definition) is 2. The van der Waals surface area contributed by atoms with E-state index in [1.807, 2.05) is 47.4 Å². The first-order valence-electron chi connectivity index (χ1n) is 13.0. The first-order chi connectivity index (χ1) is 18.3. The Labute approximate surface area is 220 Å². The number of amides is 1. The number of Topliss-reactive ketones (excluding diaryl/α,β-unsaturated/α-hetero) is 1. The van der Waals surface area contributed by atoms with Crippen LogP contribution in [0.25, 0.3) is 28.0 Å². The third kappa shape index (κ3) is 3.94. The van der Waals surface area contributed by atoms with Crippen molar-refractivity contribution in [3.05, 3.63) is 66.1 Å². The number of carbonyl (C=O) groups is 2. The molecule has 3 aromatic heterocycles. The Bertz CT molecular complexity index is 1520. The van der Waals surface area contributed by atoms with Crippen LogP contribution in [0.1, 0.15) is 61.5 Å². The van der Waals surface area contributed by atoms with Crippen molar-refractivity contribution in [2.75, 3.05) is 5.73 Å². The molecule has 2 aliphatic heterocycles. The molecule has 1 aromatic carbocycles. The topological polar surface area (TPSA) is 127 Å². The Hall–Kier alpha value is -4.11. The Morgan fingerprint density at radius 1 is 1.03 bits per heavy atom. The number of nitrogens with zero attached hydrogens (tertiary/aromatic N) is 5. The molecule has 194 valence electrons. The molecule has 38 heavy (non-hydrogen) atoms. The Kier molecular flexibility index (Phi) is 5.95. The van der Waals surface area contributed by atoms with Crippen molar-refractivity contribution >= 4 is 23.2 Å². The number of nitrogen functional groups attached to an aromatic ring is 1. The van der Waals surface area contributed by atoms with Crippen molar-refractivity contribution in [3.63, 3.8) is 0 Å². The van der Waals surface area contributed by atoms with Gasteiger partial charge in [-0.05, 0) is 45.6 Å². The number of anilines is 1. The number of piperidine rings is 1. The maximum absolute atomic E-state index is 12.8. The number of pyridine rings is 1. The highest BCUT2D eigenvalue weighted by atomic mass is 16.3. The maximum Gasteiger partial charge on any atom is 0.251 e. The zero-order valence-electron chi connectivity index (χ0n) is 21.4. The van der Waals surface area contributed by atoms with E-state index in [9.17, 15) is 14.7 Å². The largest absolute Gasteiger partial charge is 0.384 e. The number of aliphatic hydroxyl groups is 1. The second kappa shape index (κ2) is 9.33. The lowest BCUT2D eigenvalue weighted by atomic mass is 9.85. The fraction of sp³-hybridized carbons (Fsp3) is 0.345. The summed E-state index contributed by atoms with van der Waals surface area (Å²) in [5, 5.41) is 14.4. The molecule has 2 bridgehead atoms. The standard InChI is InChI=1S/C29H30N6O3/c1-16(36)25-26(20-12-21-9-10-22(13-20)34(21)29(38)17(2)37)33-28-23(15-32-35(28)27(25)30)19-8-11-24(31-14-19)18-6-4-3-5-7-18/h3-8,11,14-15,17,20-22,37H,9-10,12-13,30H2,1-2H3/t17-,21-,22-/m1/s1. The third-order valence-corrected chi connectivity index (χ3v) is 7.94. The normalized spacial score (nSPS) is 21.6. The monoisotopic (exact) mass is 510 g/mol. The summed E-state index contributed by atoms with van der Waals surface area (Å²) >= 11 is 0. The van der Waals surface area contributed by atoms with Crippen molar-refractivity contribution in [2.45, 2.75) is 63.6 Å². The molecular weight excluding hydrogens is 480 g/mol. The average Bonchev–Trinajstić information content (AvgIpc) is 3.46. The van der Waals surface area contributed by atoms with Crippen molar-refractivity contribution in [1.29, 1.82) is 0 Å². The predicted octanol–water partition coefficient (Wildman–Crippen LogP) is 3.86. The molecule has 2 aliphatic rings. The van der Waals surface area contributed by atoms with Gasteiger partial charge in [-0.15, -0.1) is 0 Å². The molecule has 9 heteroatoms. The number of aliphatic hydroxyl groups excluding tert-OH is 1. The highest BCUT2D eigenvalue weighted by Crippen LogP contribution is 2.44. The molecule has 3 atom stereocenters. The van der Waals surface area contributed by atoms with Gasteiger partial charge in [0, 0.05) is 40.9 Å². The number of rotatable bonds is 5. The highest BCUT2D eigenvalue weighted by Gasteiger charge is 2.45. The van der Waals surface area contributed by atoms with Gasteiger partial charge in [0.25, 0.3) is 5.91 Å². The van der Waals surface area contributed by atoms with Gasteiger partial charge in [-0.2, -0.15) is 9.61 Å². The van der Waals surface area contributed by atoms with E-state index in [1.165, 1.54) is 18.4 Å². The first kappa shape index (κ1) is 24.2. The summed E-state index contributed by atoms with van der Waals surface area (Å²) in [6.07, 6.45) is 5.59. The van der Waals surface area contributed by atoms with E-state index in [2.05, 4.69) is 10.1 Å². The van der Waals surface area contributed by atoms with Gasteiger partial charge in [-0.25, -0.2) is 4.98 Å². The molecule has 9 nitrogen and oxygen atoms in total. The van der Waals surface area contributed by atoms with Gasteiger partial charge in [0.15, 0.2) is 11.4 Å². The van der Waals surface area contributed by atoms with Crippen molar-refractivity contribution < 1.29 is 14.7 Å². The van der Waals surface area contributed by atoms with E-state index in [4.69, 9.17) is 10.7 Å². The maximum atomic E-state index is 12.8. The van der Waals surface area contributed by atoms with Crippen LogP contribution in [-0.4, -0.2) is 59.5 Å². The van der Waals surface area contributed by atoms with Gasteiger partial charge in [-0.3, -0.25) is 14.6 Å². The van der Waals surface area contributed by atoms with Gasteiger partial charge in [0.05, 0.1) is 23.1 Å². The summed E-state index contributed by atoms with van der Waals surface area (Å²) in [5.41, 5.74) is 11.7. The SMILES string of the molecule is CC(=O)c1c(C2C[C@H]3CC[C@H](C2)N3C(=O)[C@@H](C)O)nc2c(-c3ccc(-c4ccccc4)nc3)cnn2c1N. The first-order valence-corrected chi connectivity index (χ1v) is 13.0. The molecule has 0 saturated carbocycles. The van der Waals surface area contributed by atoms with E-state index in [1.54, 1.807) is 12.4 Å². The van der Waals surface area contributed by atoms with Crippen LogP contribution in [-0.2, 0) is 4.79 Å². The van der Waals surface area contributed by atoms with Crippen LogP contribution in [0.15, 0.2) is 54.9 Å². The van der Waals surface area contributed by atoms with Crippen LogP contribution in [0.3, 0.4) is 0 Å². The average molecular weight is 511 g/mol. The quantitative estimate of drug-likeness (QED) is 0.390. The number of aromatic nitrogens is 4. The smallest absolute Gasteiger partial charge is 0.251 e. The van der Waals surface area contributed by atoms with E-state index < -0.39 is 6.10 Å². The van der Waals surface area contributed by atoms with Gasteiger partial charge in [0.2, 0.25) is 0 Å². The number of benzene rings is 1. The van der Waals surface area contributed by atoms with Crippen molar-refractivity contribution in [3.8, 4) is 22.4 Å². The number of carbonyl (C=O) groups excluding carboxylic acids is 2. The fourth-order valence-electron chi connectivity index (χ4n) is 6.20. The molecule has 2 fully saturated rings. The predicted molar refractivity (Wildman–Crippen MR) is 143 cm³/mol. The Balaban J connectivity index is 1.40. The summed E-state index contributed by atoms with van der Waals surface area (Å²) in [6, 6.07) is 13.9. The summed E-state index contributed by atoms with van der Waals surface area (Å²) in [7, 11) is 0. The van der Waals surface area contributed by atoms with Crippen LogP contribution in [0.4, 0.5) is 5.82 Å². The van der Waals surface area contributed by atoms with Gasteiger partial charge in [0.1, 0.15) is 11.9 Å². The lowest BCUT2D eigenvalue weighted by Crippen LogP contribution is -2.49. The molecule has 3 N–H and O–H groups in total. The molecule has 0 unspecified atom stereocenters. The third-order valence-electron chi connectivity index (χ3n) is 7.94. The van der Waals surface area contributed by atoms with E-state index >= 15 is 0 Å². The molecule has 0 radical (unpaired) electrons. The van der Waals surface area contributed by atoms with Crippen LogP contribution in [0.2, 0.25) is 0 Å². The van der Waals surface area contributed by atoms with E-state index in [0.717, 1.165) is 35.2 Å². The molecule has 2 saturated heterocycles. The van der Waals surface area contributed by atoms with Crippen LogP contribution >= 0.6 is 0 Å². The second-order valence-corrected chi connectivity index (χ2v) is 10.4. The summed E-state index contributed by atoms with van der Waals surface area (Å²) in [4.78, 5) is 37.0. The van der Waals surface area contributed by atoms with Gasteiger partial charge in [-0.1, -0.05) is 36.4 Å². The van der Waals surface area contributed by atoms with Gasteiger partial charge >= 0.3 is 0 Å². The van der Waals surface area contributed by atoms with Crippen LogP contribution < -0.4 is 5.73 Å². The molecule has 5 heterocycles. The Morgan fingerprint density at radius 2 is 1.74 bits per heavy atom. The lowest BCUT2D eigenvalue weighted by Gasteiger charge is -2.39. The number of nitrogens with two attached hydrogens (primary N) is 1. The second-order valence-electron chi connectivity index (χ2n) is 10.4. The highest BCUT2D eigenvalue weighted by molar-refractivity contribution is 6.00. The zero-order valence-corrected chi connectivity index (χ0v) is 21.4. The van der Waals surface area contributed by atoms with Gasteiger partial charge < -0.3 is 15.7 Å². The zero-order chi connectivity index (χ0) is 26.6. The summed E-state index contributed by atoms with van der Waals surface area (Å²) in [5.74, 6) is -0.145. The number of hydrogen-bond acceptors (Lipinski definition) is 7.